The number of nitrogens with one attached hydrogen (secondary N) is 1. The smallest absolute Gasteiger partial charge is 0.320 e. The van der Waals surface area contributed by atoms with Crippen molar-refractivity contribution in [2.45, 2.75) is 38.6 Å². The van der Waals surface area contributed by atoms with Gasteiger partial charge in [-0.15, -0.1) is 0 Å². The Morgan fingerprint density at radius 2 is 2.11 bits per heavy atom. The van der Waals surface area contributed by atoms with Gasteiger partial charge in [0.2, 0.25) is 5.91 Å². The summed E-state index contributed by atoms with van der Waals surface area (Å²) in [6, 6.07) is -0.496. The number of aliphatic carboxylic acids is 1. The molecular weight excluding hydrogens is 232 g/mol. The maximum atomic E-state index is 12.0. The summed E-state index contributed by atoms with van der Waals surface area (Å²) in [5.41, 5.74) is 0. The number of amides is 1. The molecule has 0 bridgehead atoms. The molecule has 2 rings (SSSR count). The Kier molecular flexibility index (Phi) is 4.22. The first-order valence-corrected chi connectivity index (χ1v) is 6.82. The van der Waals surface area contributed by atoms with E-state index in [2.05, 4.69) is 5.32 Å². The first-order chi connectivity index (χ1) is 8.58. The molecule has 1 heterocycles. The second-order valence-electron chi connectivity index (χ2n) is 5.54. The molecule has 1 aliphatic carbocycles. The minimum Gasteiger partial charge on any atom is -0.480 e. The SMILES string of the molecule is C[C@H](C(=O)O)N1CCC[C@H](C(=O)NCC2CC2)C1. The lowest BCUT2D eigenvalue weighted by Gasteiger charge is -2.34. The highest BCUT2D eigenvalue weighted by Crippen LogP contribution is 2.28. The fourth-order valence-corrected chi connectivity index (χ4v) is 2.44. The van der Waals surface area contributed by atoms with Crippen LogP contribution in [0.15, 0.2) is 0 Å². The zero-order valence-electron chi connectivity index (χ0n) is 10.9. The monoisotopic (exact) mass is 254 g/mol. The van der Waals surface area contributed by atoms with Crippen molar-refractivity contribution in [3.63, 3.8) is 0 Å². The summed E-state index contributed by atoms with van der Waals surface area (Å²) >= 11 is 0. The summed E-state index contributed by atoms with van der Waals surface area (Å²) in [5.74, 6) is -0.0656. The summed E-state index contributed by atoms with van der Waals surface area (Å²) in [5, 5.41) is 12.0. The lowest BCUT2D eigenvalue weighted by atomic mass is 9.96. The van der Waals surface area contributed by atoms with Crippen molar-refractivity contribution in [2.75, 3.05) is 19.6 Å². The van der Waals surface area contributed by atoms with Gasteiger partial charge in [0.15, 0.2) is 0 Å². The summed E-state index contributed by atoms with van der Waals surface area (Å²) in [6.07, 6.45) is 4.23. The molecule has 2 fully saturated rings. The van der Waals surface area contributed by atoms with Gasteiger partial charge in [0.05, 0.1) is 5.92 Å². The molecule has 2 N–H and O–H groups in total. The molecule has 18 heavy (non-hydrogen) atoms. The van der Waals surface area contributed by atoms with Crippen molar-refractivity contribution in [3.8, 4) is 0 Å². The van der Waals surface area contributed by atoms with Crippen LogP contribution < -0.4 is 5.32 Å². The average Bonchev–Trinajstić information content (AvgIpc) is 3.19. The van der Waals surface area contributed by atoms with E-state index in [1.165, 1.54) is 12.8 Å². The standard InChI is InChI=1S/C13H22N2O3/c1-9(13(17)18)15-6-2-3-11(8-15)12(16)14-7-10-4-5-10/h9-11H,2-8H2,1H3,(H,14,16)(H,17,18)/t9-,11+/m1/s1. The van der Waals surface area contributed by atoms with E-state index in [0.717, 1.165) is 25.9 Å². The van der Waals surface area contributed by atoms with E-state index >= 15 is 0 Å². The van der Waals surface area contributed by atoms with E-state index in [-0.39, 0.29) is 11.8 Å². The molecule has 0 aromatic heterocycles. The van der Waals surface area contributed by atoms with Crippen LogP contribution in [-0.4, -0.2) is 47.6 Å². The van der Waals surface area contributed by atoms with Gasteiger partial charge in [-0.05, 0) is 45.1 Å². The van der Waals surface area contributed by atoms with Crippen LogP contribution in [-0.2, 0) is 9.59 Å². The Morgan fingerprint density at radius 1 is 1.39 bits per heavy atom. The predicted octanol–water partition coefficient (Wildman–Crippen LogP) is 0.698. The molecule has 1 saturated carbocycles. The van der Waals surface area contributed by atoms with Crippen LogP contribution >= 0.6 is 0 Å². The number of rotatable bonds is 5. The topological polar surface area (TPSA) is 69.6 Å². The molecule has 1 saturated heterocycles. The minimum atomic E-state index is -0.811. The lowest BCUT2D eigenvalue weighted by molar-refractivity contribution is -0.144. The summed E-state index contributed by atoms with van der Waals surface area (Å²) in [6.45, 7) is 3.83. The van der Waals surface area contributed by atoms with Crippen LogP contribution in [0.5, 0.6) is 0 Å². The zero-order chi connectivity index (χ0) is 13.1. The van der Waals surface area contributed by atoms with E-state index in [0.29, 0.717) is 12.5 Å². The average molecular weight is 254 g/mol. The molecule has 1 aliphatic heterocycles. The number of carbonyl (C=O) groups is 2. The van der Waals surface area contributed by atoms with E-state index in [1.807, 2.05) is 4.90 Å². The Hall–Kier alpha value is -1.10. The highest BCUT2D eigenvalue weighted by Gasteiger charge is 2.31. The van der Waals surface area contributed by atoms with Gasteiger partial charge in [0.25, 0.3) is 0 Å². The Morgan fingerprint density at radius 3 is 2.72 bits per heavy atom. The molecule has 5 nitrogen and oxygen atoms in total. The Labute approximate surface area is 108 Å². The molecule has 0 aromatic carbocycles. The molecule has 0 radical (unpaired) electrons. The number of hydrogen-bond donors (Lipinski definition) is 2. The van der Waals surface area contributed by atoms with E-state index < -0.39 is 12.0 Å². The van der Waals surface area contributed by atoms with Gasteiger partial charge in [0, 0.05) is 13.1 Å². The van der Waals surface area contributed by atoms with Gasteiger partial charge in [-0.3, -0.25) is 14.5 Å². The third kappa shape index (κ3) is 3.45. The fraction of sp³-hybridized carbons (Fsp3) is 0.846. The normalized spacial score (nSPS) is 26.6. The molecule has 0 spiro atoms. The maximum Gasteiger partial charge on any atom is 0.320 e. The third-order valence-electron chi connectivity index (χ3n) is 3.99. The van der Waals surface area contributed by atoms with Gasteiger partial charge < -0.3 is 10.4 Å². The number of likely N-dealkylation sites (tertiary alicyclic amines) is 1. The van der Waals surface area contributed by atoms with E-state index in [1.54, 1.807) is 6.92 Å². The number of carbonyl (C=O) groups excluding carboxylic acids is 1. The largest absolute Gasteiger partial charge is 0.480 e. The summed E-state index contributed by atoms with van der Waals surface area (Å²) in [7, 11) is 0. The van der Waals surface area contributed by atoms with Gasteiger partial charge in [-0.25, -0.2) is 0 Å². The van der Waals surface area contributed by atoms with Crippen molar-refractivity contribution in [2.24, 2.45) is 11.8 Å². The van der Waals surface area contributed by atoms with Gasteiger partial charge >= 0.3 is 5.97 Å². The minimum absolute atomic E-state index is 0.0423. The van der Waals surface area contributed by atoms with Crippen LogP contribution in [0.1, 0.15) is 32.6 Å². The molecule has 0 unspecified atom stereocenters. The number of nitrogens with zero attached hydrogens (tertiary/aromatic N) is 1. The molecule has 1 amide bonds. The molecule has 5 heteroatoms. The summed E-state index contributed by atoms with van der Waals surface area (Å²) < 4.78 is 0. The van der Waals surface area contributed by atoms with Crippen molar-refractivity contribution < 1.29 is 14.7 Å². The van der Waals surface area contributed by atoms with Crippen LogP contribution in [0.25, 0.3) is 0 Å². The van der Waals surface area contributed by atoms with E-state index in [9.17, 15) is 9.59 Å². The zero-order valence-corrected chi connectivity index (χ0v) is 10.9. The Balaban J connectivity index is 1.81. The molecule has 2 atom stereocenters. The quantitative estimate of drug-likeness (QED) is 0.757. The maximum absolute atomic E-state index is 12.0. The number of carboxylic acids is 1. The van der Waals surface area contributed by atoms with Crippen LogP contribution in [0.3, 0.4) is 0 Å². The van der Waals surface area contributed by atoms with Gasteiger partial charge in [-0.2, -0.15) is 0 Å². The number of carboxylic acid groups (broad SMARTS) is 1. The van der Waals surface area contributed by atoms with E-state index in [4.69, 9.17) is 5.11 Å². The first kappa shape index (κ1) is 13.3. The van der Waals surface area contributed by atoms with Crippen molar-refractivity contribution in [1.82, 2.24) is 10.2 Å². The predicted molar refractivity (Wildman–Crippen MR) is 67.1 cm³/mol. The third-order valence-corrected chi connectivity index (χ3v) is 3.99. The fourth-order valence-electron chi connectivity index (χ4n) is 2.44. The van der Waals surface area contributed by atoms with Crippen LogP contribution in [0.4, 0.5) is 0 Å². The first-order valence-electron chi connectivity index (χ1n) is 6.82. The second-order valence-corrected chi connectivity index (χ2v) is 5.54. The highest BCUT2D eigenvalue weighted by molar-refractivity contribution is 5.79. The molecule has 2 aliphatic rings. The summed E-state index contributed by atoms with van der Waals surface area (Å²) in [4.78, 5) is 24.8. The highest BCUT2D eigenvalue weighted by atomic mass is 16.4. The van der Waals surface area contributed by atoms with Gasteiger partial charge in [-0.1, -0.05) is 0 Å². The molecule has 102 valence electrons. The van der Waals surface area contributed by atoms with Gasteiger partial charge in [0.1, 0.15) is 6.04 Å². The van der Waals surface area contributed by atoms with Crippen molar-refractivity contribution in [3.05, 3.63) is 0 Å². The van der Waals surface area contributed by atoms with Crippen LogP contribution in [0.2, 0.25) is 0 Å². The number of hydrogen-bond acceptors (Lipinski definition) is 3. The Bertz CT molecular complexity index is 328. The molecular formula is C13H22N2O3. The molecule has 0 aromatic rings. The van der Waals surface area contributed by atoms with Crippen molar-refractivity contribution >= 4 is 11.9 Å². The van der Waals surface area contributed by atoms with Crippen molar-refractivity contribution in [1.29, 1.82) is 0 Å². The lowest BCUT2D eigenvalue weighted by Crippen LogP contribution is -2.48. The van der Waals surface area contributed by atoms with Crippen LogP contribution in [0, 0.1) is 11.8 Å². The number of piperidine rings is 1. The second kappa shape index (κ2) is 5.69.